The first kappa shape index (κ1) is 23.0. The van der Waals surface area contributed by atoms with Crippen molar-refractivity contribution in [2.45, 2.75) is 34.1 Å². The van der Waals surface area contributed by atoms with Crippen molar-refractivity contribution in [2.75, 3.05) is 19.0 Å². The minimum absolute atomic E-state index is 0.0418. The highest BCUT2D eigenvalue weighted by Gasteiger charge is 2.22. The SMILES string of the molecule is CCc1nnc(NC(=O)C(C#N)=Cc2ccc(OCC(=O)C(C)(C)C)c(OC)c2)s1. The Morgan fingerprint density at radius 1 is 1.27 bits per heavy atom. The van der Waals surface area contributed by atoms with Crippen molar-refractivity contribution in [2.24, 2.45) is 5.41 Å². The Morgan fingerprint density at radius 2 is 2.00 bits per heavy atom. The summed E-state index contributed by atoms with van der Waals surface area (Å²) < 4.78 is 10.9. The molecule has 1 aromatic carbocycles. The molecule has 0 aliphatic rings. The molecule has 1 heterocycles. The summed E-state index contributed by atoms with van der Waals surface area (Å²) in [7, 11) is 1.47. The number of aryl methyl sites for hydroxylation is 1. The minimum Gasteiger partial charge on any atom is -0.493 e. The number of rotatable bonds is 8. The standard InChI is InChI=1S/C21H24N4O4S/c1-6-18-24-25-20(30-18)23-19(27)14(11-22)9-13-7-8-15(16(10-13)28-5)29-12-17(26)21(2,3)4/h7-10H,6,12H2,1-5H3,(H,23,25,27). The second-order valence-corrected chi connectivity index (χ2v) is 8.41. The molecule has 0 atom stereocenters. The van der Waals surface area contributed by atoms with Crippen molar-refractivity contribution in [3.05, 3.63) is 34.3 Å². The van der Waals surface area contributed by atoms with E-state index in [0.717, 1.165) is 5.01 Å². The van der Waals surface area contributed by atoms with E-state index in [1.165, 1.54) is 24.5 Å². The lowest BCUT2D eigenvalue weighted by atomic mass is 9.91. The maximum atomic E-state index is 12.4. The van der Waals surface area contributed by atoms with Gasteiger partial charge in [-0.2, -0.15) is 5.26 Å². The van der Waals surface area contributed by atoms with Crippen molar-refractivity contribution in [1.29, 1.82) is 5.26 Å². The van der Waals surface area contributed by atoms with E-state index in [1.54, 1.807) is 18.2 Å². The predicted octanol–water partition coefficient (Wildman–Crippen LogP) is 3.65. The van der Waals surface area contributed by atoms with E-state index in [4.69, 9.17) is 9.47 Å². The van der Waals surface area contributed by atoms with Gasteiger partial charge in [0.15, 0.2) is 17.3 Å². The van der Waals surface area contributed by atoms with E-state index < -0.39 is 11.3 Å². The number of ether oxygens (including phenoxy) is 2. The third-order valence-electron chi connectivity index (χ3n) is 4.05. The summed E-state index contributed by atoms with van der Waals surface area (Å²) >= 11 is 1.26. The molecule has 1 N–H and O–H groups in total. The number of carbonyl (C=O) groups is 2. The van der Waals surface area contributed by atoms with Gasteiger partial charge in [0.2, 0.25) is 5.13 Å². The number of Topliss-reactive ketones (excluding diaryl/α,β-unsaturated/α-hetero) is 1. The summed E-state index contributed by atoms with van der Waals surface area (Å²) in [6.07, 6.45) is 2.15. The van der Waals surface area contributed by atoms with Crippen molar-refractivity contribution in [3.63, 3.8) is 0 Å². The van der Waals surface area contributed by atoms with Crippen LogP contribution in [0.5, 0.6) is 11.5 Å². The van der Waals surface area contributed by atoms with Gasteiger partial charge in [-0.1, -0.05) is 45.1 Å². The zero-order valence-electron chi connectivity index (χ0n) is 17.6. The molecule has 0 saturated carbocycles. The Balaban J connectivity index is 2.16. The number of aromatic nitrogens is 2. The van der Waals surface area contributed by atoms with Crippen LogP contribution >= 0.6 is 11.3 Å². The van der Waals surface area contributed by atoms with Gasteiger partial charge in [-0.15, -0.1) is 10.2 Å². The van der Waals surface area contributed by atoms with Crippen LogP contribution in [0.3, 0.4) is 0 Å². The first-order chi connectivity index (χ1) is 14.2. The number of hydrogen-bond donors (Lipinski definition) is 1. The van der Waals surface area contributed by atoms with Crippen LogP contribution in [0.2, 0.25) is 0 Å². The number of hydrogen-bond acceptors (Lipinski definition) is 8. The third kappa shape index (κ3) is 6.12. The van der Waals surface area contributed by atoms with Gasteiger partial charge in [0, 0.05) is 5.41 Å². The number of amides is 1. The van der Waals surface area contributed by atoms with Crippen LogP contribution in [0.4, 0.5) is 5.13 Å². The van der Waals surface area contributed by atoms with Crippen LogP contribution in [-0.4, -0.2) is 35.6 Å². The van der Waals surface area contributed by atoms with Crippen LogP contribution in [-0.2, 0) is 16.0 Å². The van der Waals surface area contributed by atoms with E-state index >= 15 is 0 Å². The molecule has 9 heteroatoms. The van der Waals surface area contributed by atoms with E-state index in [1.807, 2.05) is 33.8 Å². The summed E-state index contributed by atoms with van der Waals surface area (Å²) in [5, 5.41) is 20.9. The Kier molecular flexibility index (Phi) is 7.66. The fourth-order valence-corrected chi connectivity index (χ4v) is 2.85. The summed E-state index contributed by atoms with van der Waals surface area (Å²) in [5.74, 6) is 0.169. The van der Waals surface area contributed by atoms with Crippen molar-refractivity contribution in [3.8, 4) is 17.6 Å². The smallest absolute Gasteiger partial charge is 0.268 e. The van der Waals surface area contributed by atoms with Crippen molar-refractivity contribution < 1.29 is 19.1 Å². The highest BCUT2D eigenvalue weighted by molar-refractivity contribution is 7.15. The molecular formula is C21H24N4O4S. The van der Waals surface area contributed by atoms with Gasteiger partial charge in [-0.05, 0) is 30.2 Å². The lowest BCUT2D eigenvalue weighted by Crippen LogP contribution is -2.26. The quantitative estimate of drug-likeness (QED) is 0.504. The molecule has 1 amide bonds. The van der Waals surface area contributed by atoms with Crippen molar-refractivity contribution in [1.82, 2.24) is 10.2 Å². The fourth-order valence-electron chi connectivity index (χ4n) is 2.18. The first-order valence-corrected chi connectivity index (χ1v) is 10.1. The molecule has 0 aliphatic heterocycles. The Bertz CT molecular complexity index is 999. The topological polar surface area (TPSA) is 114 Å². The number of benzene rings is 1. The molecule has 30 heavy (non-hydrogen) atoms. The average Bonchev–Trinajstić information content (AvgIpc) is 3.17. The molecule has 0 fully saturated rings. The van der Waals surface area contributed by atoms with Crippen LogP contribution < -0.4 is 14.8 Å². The molecule has 0 radical (unpaired) electrons. The van der Waals surface area contributed by atoms with Gasteiger partial charge in [0.1, 0.15) is 23.3 Å². The lowest BCUT2D eigenvalue weighted by Gasteiger charge is -2.17. The molecule has 0 aliphatic carbocycles. The van der Waals surface area contributed by atoms with Crippen LogP contribution in [0.25, 0.3) is 6.08 Å². The number of nitrogens with zero attached hydrogens (tertiary/aromatic N) is 3. The number of methoxy groups -OCH3 is 1. The van der Waals surface area contributed by atoms with Crippen LogP contribution in [0.15, 0.2) is 23.8 Å². The minimum atomic E-state index is -0.577. The summed E-state index contributed by atoms with van der Waals surface area (Å²) in [5.41, 5.74) is -0.0306. The van der Waals surface area contributed by atoms with Gasteiger partial charge in [-0.25, -0.2) is 0 Å². The van der Waals surface area contributed by atoms with E-state index in [0.29, 0.717) is 28.6 Å². The fraction of sp³-hybridized carbons (Fsp3) is 0.381. The molecule has 2 rings (SSSR count). The number of ketones is 1. The molecule has 0 saturated heterocycles. The normalized spacial score (nSPS) is 11.5. The van der Waals surface area contributed by atoms with E-state index in [9.17, 15) is 14.9 Å². The van der Waals surface area contributed by atoms with Gasteiger partial charge < -0.3 is 9.47 Å². The van der Waals surface area contributed by atoms with Crippen molar-refractivity contribution >= 4 is 34.2 Å². The molecule has 1 aromatic heterocycles. The van der Waals surface area contributed by atoms with Crippen LogP contribution in [0.1, 0.15) is 38.3 Å². The van der Waals surface area contributed by atoms with E-state index in [2.05, 4.69) is 15.5 Å². The second-order valence-electron chi connectivity index (χ2n) is 7.35. The Morgan fingerprint density at radius 3 is 2.57 bits per heavy atom. The predicted molar refractivity (Wildman–Crippen MR) is 114 cm³/mol. The number of nitrogens with one attached hydrogen (secondary N) is 1. The number of anilines is 1. The van der Waals surface area contributed by atoms with Gasteiger partial charge in [-0.3, -0.25) is 14.9 Å². The molecular weight excluding hydrogens is 404 g/mol. The zero-order chi connectivity index (χ0) is 22.3. The first-order valence-electron chi connectivity index (χ1n) is 9.27. The molecule has 0 unspecified atom stereocenters. The Labute approximate surface area is 179 Å². The largest absolute Gasteiger partial charge is 0.493 e. The number of nitriles is 1. The van der Waals surface area contributed by atoms with Gasteiger partial charge in [0.25, 0.3) is 5.91 Å². The monoisotopic (exact) mass is 428 g/mol. The summed E-state index contributed by atoms with van der Waals surface area (Å²) in [4.78, 5) is 24.5. The van der Waals surface area contributed by atoms with Gasteiger partial charge in [0.05, 0.1) is 7.11 Å². The van der Waals surface area contributed by atoms with E-state index in [-0.39, 0.29) is 18.0 Å². The van der Waals surface area contributed by atoms with Crippen LogP contribution in [0, 0.1) is 16.7 Å². The number of carbonyl (C=O) groups excluding carboxylic acids is 2. The Hall–Kier alpha value is -3.25. The maximum Gasteiger partial charge on any atom is 0.268 e. The molecule has 8 nitrogen and oxygen atoms in total. The highest BCUT2D eigenvalue weighted by Crippen LogP contribution is 2.29. The molecule has 158 valence electrons. The second kappa shape index (κ2) is 9.98. The summed E-state index contributed by atoms with van der Waals surface area (Å²) in [6, 6.07) is 6.82. The summed E-state index contributed by atoms with van der Waals surface area (Å²) in [6.45, 7) is 7.32. The average molecular weight is 429 g/mol. The van der Waals surface area contributed by atoms with Gasteiger partial charge >= 0.3 is 0 Å². The molecule has 0 bridgehead atoms. The zero-order valence-corrected chi connectivity index (χ0v) is 18.4. The molecule has 0 spiro atoms. The lowest BCUT2D eigenvalue weighted by molar-refractivity contribution is -0.128. The maximum absolute atomic E-state index is 12.4. The molecule has 2 aromatic rings. The highest BCUT2D eigenvalue weighted by atomic mass is 32.1. The third-order valence-corrected chi connectivity index (χ3v) is 5.03.